The van der Waals surface area contributed by atoms with Crippen LogP contribution in [0.25, 0.3) is 16.9 Å². The molecule has 3 rings (SSSR count). The number of hydrogen-bond acceptors (Lipinski definition) is 5. The highest BCUT2D eigenvalue weighted by Crippen LogP contribution is 2.41. The van der Waals surface area contributed by atoms with E-state index < -0.39 is 0 Å². The molecule has 1 aromatic carbocycles. The van der Waals surface area contributed by atoms with E-state index in [1.165, 1.54) is 25.7 Å². The average Bonchev–Trinajstić information content (AvgIpc) is 3.28. The van der Waals surface area contributed by atoms with Gasteiger partial charge in [0, 0.05) is 24.5 Å². The van der Waals surface area contributed by atoms with Crippen LogP contribution in [0.15, 0.2) is 36.7 Å². The third kappa shape index (κ3) is 6.41. The number of pyridine rings is 1. The zero-order valence-electron chi connectivity index (χ0n) is 20.9. The zero-order chi connectivity index (χ0) is 23.6. The van der Waals surface area contributed by atoms with Crippen molar-refractivity contribution in [3.63, 3.8) is 0 Å². The van der Waals surface area contributed by atoms with Gasteiger partial charge >= 0.3 is 0 Å². The van der Waals surface area contributed by atoms with Gasteiger partial charge in [-0.05, 0) is 63.0 Å². The normalized spacial score (nSPS) is 11.3. The van der Waals surface area contributed by atoms with Crippen LogP contribution in [0.3, 0.4) is 0 Å². The van der Waals surface area contributed by atoms with Crippen LogP contribution in [0.1, 0.15) is 51.5 Å². The Balaban J connectivity index is 1.72. The Morgan fingerprint density at radius 2 is 1.58 bits per heavy atom. The van der Waals surface area contributed by atoms with E-state index in [4.69, 9.17) is 19.2 Å². The summed E-state index contributed by atoms with van der Waals surface area (Å²) in [6, 6.07) is 8.04. The first-order chi connectivity index (χ1) is 16.1. The number of ether oxygens (including phenoxy) is 3. The van der Waals surface area contributed by atoms with Gasteiger partial charge in [0.25, 0.3) is 0 Å². The van der Waals surface area contributed by atoms with Crippen LogP contribution in [-0.2, 0) is 0 Å². The molecule has 2 heterocycles. The Labute approximate surface area is 198 Å². The molecule has 0 bridgehead atoms. The van der Waals surface area contributed by atoms with Crippen molar-refractivity contribution < 1.29 is 14.2 Å². The lowest BCUT2D eigenvalue weighted by Gasteiger charge is -2.22. The summed E-state index contributed by atoms with van der Waals surface area (Å²) in [5.74, 6) is 1.97. The fourth-order valence-corrected chi connectivity index (χ4v) is 4.02. The van der Waals surface area contributed by atoms with Crippen LogP contribution in [0.2, 0.25) is 0 Å². The molecule has 0 radical (unpaired) electrons. The van der Waals surface area contributed by atoms with Gasteiger partial charge in [-0.25, -0.2) is 4.98 Å². The number of rotatable bonds is 14. The molecule has 0 aliphatic heterocycles. The standard InChI is InChI=1S/C27H39N3O3/c1-6-8-13-29(14-9-7-2)15-11-17-33-26-24(31-4)18-22(19-25(26)32-5)23-20-30-16-10-12-21(3)27(30)28-23/h10,12,16,18-20H,6-9,11,13-15,17H2,1-5H3. The lowest BCUT2D eigenvalue weighted by Crippen LogP contribution is -2.28. The van der Waals surface area contributed by atoms with E-state index >= 15 is 0 Å². The van der Waals surface area contributed by atoms with Crippen molar-refractivity contribution >= 4 is 5.65 Å². The SMILES string of the molecule is CCCCN(CCCC)CCCOc1c(OC)cc(-c2cn3cccc(C)c3n2)cc1OC. The summed E-state index contributed by atoms with van der Waals surface area (Å²) in [5.41, 5.74) is 3.88. The van der Waals surface area contributed by atoms with Crippen LogP contribution >= 0.6 is 0 Å². The van der Waals surface area contributed by atoms with Gasteiger partial charge in [-0.2, -0.15) is 0 Å². The summed E-state index contributed by atoms with van der Waals surface area (Å²) < 4.78 is 19.6. The summed E-state index contributed by atoms with van der Waals surface area (Å²) in [6.07, 6.45) is 9.95. The number of hydrogen-bond donors (Lipinski definition) is 0. The fraction of sp³-hybridized carbons (Fsp3) is 0.519. The van der Waals surface area contributed by atoms with Crippen LogP contribution in [0, 0.1) is 6.92 Å². The topological polar surface area (TPSA) is 48.2 Å². The molecule has 33 heavy (non-hydrogen) atoms. The highest BCUT2D eigenvalue weighted by Gasteiger charge is 2.17. The Hall–Kier alpha value is -2.73. The molecule has 0 saturated carbocycles. The fourth-order valence-electron chi connectivity index (χ4n) is 4.02. The predicted molar refractivity (Wildman–Crippen MR) is 135 cm³/mol. The maximum Gasteiger partial charge on any atom is 0.203 e. The van der Waals surface area contributed by atoms with E-state index in [2.05, 4.69) is 31.7 Å². The van der Waals surface area contributed by atoms with Crippen LogP contribution < -0.4 is 14.2 Å². The van der Waals surface area contributed by atoms with E-state index in [1.54, 1.807) is 14.2 Å². The number of methoxy groups -OCH3 is 2. The first-order valence-electron chi connectivity index (χ1n) is 12.2. The zero-order valence-corrected chi connectivity index (χ0v) is 20.9. The van der Waals surface area contributed by atoms with Gasteiger partial charge in [0.05, 0.1) is 26.5 Å². The number of benzene rings is 1. The van der Waals surface area contributed by atoms with Crippen molar-refractivity contribution in [3.05, 3.63) is 42.2 Å². The van der Waals surface area contributed by atoms with Gasteiger partial charge in [0.15, 0.2) is 11.5 Å². The molecule has 0 fully saturated rings. The molecule has 0 aliphatic rings. The minimum absolute atomic E-state index is 0.619. The molecule has 180 valence electrons. The molecule has 3 aromatic rings. The number of aromatic nitrogens is 2. The van der Waals surface area contributed by atoms with Gasteiger partial charge in [-0.1, -0.05) is 32.8 Å². The molecule has 0 aliphatic carbocycles. The number of fused-ring (bicyclic) bond motifs is 1. The Morgan fingerprint density at radius 1 is 0.939 bits per heavy atom. The summed E-state index contributed by atoms with van der Waals surface area (Å²) >= 11 is 0. The molecule has 2 aromatic heterocycles. The molecular formula is C27H39N3O3. The highest BCUT2D eigenvalue weighted by atomic mass is 16.5. The third-order valence-electron chi connectivity index (χ3n) is 5.96. The summed E-state index contributed by atoms with van der Waals surface area (Å²) in [5, 5.41) is 0. The van der Waals surface area contributed by atoms with Gasteiger partial charge in [-0.3, -0.25) is 0 Å². The predicted octanol–water partition coefficient (Wildman–Crippen LogP) is 6.00. The van der Waals surface area contributed by atoms with Crippen molar-refractivity contribution in [2.75, 3.05) is 40.5 Å². The average molecular weight is 454 g/mol. The second-order valence-electron chi connectivity index (χ2n) is 8.51. The number of unbranched alkanes of at least 4 members (excludes halogenated alkanes) is 2. The van der Waals surface area contributed by atoms with Crippen LogP contribution in [-0.4, -0.2) is 54.7 Å². The molecule has 0 saturated heterocycles. The smallest absolute Gasteiger partial charge is 0.203 e. The van der Waals surface area contributed by atoms with Crippen molar-refractivity contribution in [2.45, 2.75) is 52.9 Å². The summed E-state index contributed by atoms with van der Waals surface area (Å²) in [6.45, 7) is 10.5. The third-order valence-corrected chi connectivity index (χ3v) is 5.96. The molecular weight excluding hydrogens is 414 g/mol. The van der Waals surface area contributed by atoms with Crippen molar-refractivity contribution in [1.82, 2.24) is 14.3 Å². The molecule has 0 amide bonds. The number of nitrogens with zero attached hydrogens (tertiary/aromatic N) is 3. The summed E-state index contributed by atoms with van der Waals surface area (Å²) in [7, 11) is 3.33. The lowest BCUT2D eigenvalue weighted by molar-refractivity contribution is 0.220. The van der Waals surface area contributed by atoms with E-state index in [1.807, 2.05) is 35.0 Å². The quantitative estimate of drug-likeness (QED) is 0.280. The monoisotopic (exact) mass is 453 g/mol. The maximum absolute atomic E-state index is 6.18. The van der Waals surface area contributed by atoms with Gasteiger partial charge < -0.3 is 23.5 Å². The highest BCUT2D eigenvalue weighted by molar-refractivity contribution is 5.70. The largest absolute Gasteiger partial charge is 0.493 e. The summed E-state index contributed by atoms with van der Waals surface area (Å²) in [4.78, 5) is 7.37. The molecule has 0 spiro atoms. The van der Waals surface area contributed by atoms with Crippen LogP contribution in [0.5, 0.6) is 17.2 Å². The minimum atomic E-state index is 0.619. The van der Waals surface area contributed by atoms with Crippen LogP contribution in [0.4, 0.5) is 0 Å². The van der Waals surface area contributed by atoms with Gasteiger partial charge in [0.1, 0.15) is 5.65 Å². The minimum Gasteiger partial charge on any atom is -0.493 e. The van der Waals surface area contributed by atoms with E-state index in [9.17, 15) is 0 Å². The van der Waals surface area contributed by atoms with E-state index in [-0.39, 0.29) is 0 Å². The Bertz CT molecular complexity index is 982. The lowest BCUT2D eigenvalue weighted by atomic mass is 10.1. The second-order valence-corrected chi connectivity index (χ2v) is 8.51. The van der Waals surface area contributed by atoms with Gasteiger partial charge in [0.2, 0.25) is 5.75 Å². The van der Waals surface area contributed by atoms with E-state index in [0.717, 1.165) is 48.5 Å². The molecule has 6 nitrogen and oxygen atoms in total. The van der Waals surface area contributed by atoms with Gasteiger partial charge in [-0.15, -0.1) is 0 Å². The number of aryl methyl sites for hydroxylation is 1. The molecule has 0 N–H and O–H groups in total. The number of imidazole rings is 1. The molecule has 0 unspecified atom stereocenters. The Morgan fingerprint density at radius 3 is 2.15 bits per heavy atom. The first kappa shape index (κ1) is 24.9. The second kappa shape index (κ2) is 12.5. The Kier molecular flexibility index (Phi) is 9.43. The van der Waals surface area contributed by atoms with E-state index in [0.29, 0.717) is 23.9 Å². The van der Waals surface area contributed by atoms with Crippen molar-refractivity contribution in [1.29, 1.82) is 0 Å². The first-order valence-corrected chi connectivity index (χ1v) is 12.2. The molecule has 6 heteroatoms. The maximum atomic E-state index is 6.18. The molecule has 0 atom stereocenters. The van der Waals surface area contributed by atoms with Crippen molar-refractivity contribution in [2.24, 2.45) is 0 Å². The van der Waals surface area contributed by atoms with Crippen molar-refractivity contribution in [3.8, 4) is 28.5 Å².